The molecular formula is C25H29N3O4. The molecule has 1 saturated heterocycles. The van der Waals surface area contributed by atoms with Gasteiger partial charge in [-0.2, -0.15) is 0 Å². The molecular weight excluding hydrogens is 406 g/mol. The van der Waals surface area contributed by atoms with Crippen LogP contribution >= 0.6 is 0 Å². The van der Waals surface area contributed by atoms with Gasteiger partial charge in [0, 0.05) is 32.7 Å². The number of para-hydroxylation sites is 3. The number of rotatable bonds is 8. The highest BCUT2D eigenvalue weighted by molar-refractivity contribution is 5.96. The summed E-state index contributed by atoms with van der Waals surface area (Å²) in [7, 11) is 1.71. The first-order valence-electron chi connectivity index (χ1n) is 11.1. The van der Waals surface area contributed by atoms with E-state index in [9.17, 15) is 9.59 Å². The number of nitrogens with zero attached hydrogens (tertiary/aromatic N) is 2. The first kappa shape index (κ1) is 21.9. The van der Waals surface area contributed by atoms with E-state index in [1.807, 2.05) is 18.2 Å². The minimum atomic E-state index is -0.380. The molecule has 0 atom stereocenters. The highest BCUT2D eigenvalue weighted by atomic mass is 16.5. The van der Waals surface area contributed by atoms with Gasteiger partial charge in [0.2, 0.25) is 5.43 Å². The molecule has 2 heterocycles. The predicted octanol–water partition coefficient (Wildman–Crippen LogP) is 3.13. The van der Waals surface area contributed by atoms with Gasteiger partial charge < -0.3 is 19.4 Å². The normalized spacial score (nSPS) is 14.5. The lowest BCUT2D eigenvalue weighted by molar-refractivity contribution is 0.0949. The van der Waals surface area contributed by atoms with E-state index in [0.29, 0.717) is 17.5 Å². The third-order valence-corrected chi connectivity index (χ3v) is 5.91. The minimum Gasteiger partial charge on any atom is -0.495 e. The zero-order chi connectivity index (χ0) is 22.3. The van der Waals surface area contributed by atoms with Gasteiger partial charge in [0.25, 0.3) is 5.91 Å². The Hall–Kier alpha value is -3.32. The molecule has 0 aliphatic carbocycles. The molecule has 32 heavy (non-hydrogen) atoms. The summed E-state index contributed by atoms with van der Waals surface area (Å²) < 4.78 is 10.9. The van der Waals surface area contributed by atoms with Gasteiger partial charge in [0.1, 0.15) is 23.2 Å². The fourth-order valence-corrected chi connectivity index (χ4v) is 4.10. The van der Waals surface area contributed by atoms with Crippen molar-refractivity contribution in [3.8, 4) is 5.75 Å². The topological polar surface area (TPSA) is 75.0 Å². The number of benzene rings is 2. The maximum atomic E-state index is 12.5. The Bertz CT molecular complexity index is 1120. The van der Waals surface area contributed by atoms with E-state index in [-0.39, 0.29) is 16.9 Å². The van der Waals surface area contributed by atoms with Gasteiger partial charge in [-0.25, -0.2) is 0 Å². The van der Waals surface area contributed by atoms with Crippen LogP contribution in [-0.4, -0.2) is 57.2 Å². The average molecular weight is 436 g/mol. The van der Waals surface area contributed by atoms with Crippen LogP contribution in [0.2, 0.25) is 0 Å². The number of fused-ring (bicyclic) bond motifs is 1. The fourth-order valence-electron chi connectivity index (χ4n) is 4.10. The monoisotopic (exact) mass is 435 g/mol. The SMILES string of the molecule is COc1ccccc1N1CCN(CCCCNC(=O)c2coc3ccccc3c2=O)CC1. The molecule has 168 valence electrons. The van der Waals surface area contributed by atoms with E-state index in [2.05, 4.69) is 21.2 Å². The van der Waals surface area contributed by atoms with Gasteiger partial charge >= 0.3 is 0 Å². The molecule has 0 radical (unpaired) electrons. The quantitative estimate of drug-likeness (QED) is 0.548. The van der Waals surface area contributed by atoms with Crippen LogP contribution in [0.15, 0.2) is 64.0 Å². The van der Waals surface area contributed by atoms with Crippen molar-refractivity contribution < 1.29 is 13.9 Å². The number of hydrogen-bond acceptors (Lipinski definition) is 6. The third-order valence-electron chi connectivity index (χ3n) is 5.91. The van der Waals surface area contributed by atoms with Crippen LogP contribution in [0.25, 0.3) is 11.0 Å². The summed E-state index contributed by atoms with van der Waals surface area (Å²) in [6.45, 7) is 5.47. The lowest BCUT2D eigenvalue weighted by Gasteiger charge is -2.36. The minimum absolute atomic E-state index is 0.0520. The lowest BCUT2D eigenvalue weighted by Crippen LogP contribution is -2.46. The highest BCUT2D eigenvalue weighted by Gasteiger charge is 2.19. The Labute approximate surface area is 187 Å². The smallest absolute Gasteiger partial charge is 0.258 e. The fraction of sp³-hybridized carbons (Fsp3) is 0.360. The third kappa shape index (κ3) is 4.94. The number of ether oxygens (including phenoxy) is 1. The van der Waals surface area contributed by atoms with E-state index < -0.39 is 0 Å². The Kier molecular flexibility index (Phi) is 7.07. The van der Waals surface area contributed by atoms with E-state index in [4.69, 9.17) is 9.15 Å². The van der Waals surface area contributed by atoms with Crippen molar-refractivity contribution in [1.29, 1.82) is 0 Å². The summed E-state index contributed by atoms with van der Waals surface area (Å²) in [6, 6.07) is 15.1. The second kappa shape index (κ2) is 10.3. The molecule has 2 aromatic carbocycles. The van der Waals surface area contributed by atoms with Gasteiger partial charge in [-0.15, -0.1) is 0 Å². The number of hydrogen-bond donors (Lipinski definition) is 1. The molecule has 0 saturated carbocycles. The largest absolute Gasteiger partial charge is 0.495 e. The molecule has 1 aliphatic rings. The summed E-state index contributed by atoms with van der Waals surface area (Å²) in [5.74, 6) is 0.534. The zero-order valence-electron chi connectivity index (χ0n) is 18.4. The number of amides is 1. The van der Waals surface area contributed by atoms with Crippen molar-refractivity contribution in [3.63, 3.8) is 0 Å². The van der Waals surface area contributed by atoms with Crippen LogP contribution in [-0.2, 0) is 0 Å². The van der Waals surface area contributed by atoms with Crippen molar-refractivity contribution in [1.82, 2.24) is 10.2 Å². The predicted molar refractivity (Wildman–Crippen MR) is 126 cm³/mol. The second-order valence-corrected chi connectivity index (χ2v) is 7.94. The van der Waals surface area contributed by atoms with Crippen LogP contribution < -0.4 is 20.4 Å². The number of anilines is 1. The number of carbonyl (C=O) groups excluding carboxylic acids is 1. The first-order valence-corrected chi connectivity index (χ1v) is 11.1. The van der Waals surface area contributed by atoms with Crippen LogP contribution in [0.3, 0.4) is 0 Å². The standard InChI is InChI=1S/C25H29N3O4/c1-31-23-11-5-3-9-21(23)28-16-14-27(15-17-28)13-7-6-12-26-25(30)20-18-32-22-10-4-2-8-19(22)24(20)29/h2-5,8-11,18H,6-7,12-17H2,1H3,(H,26,30). The molecule has 1 N–H and O–H groups in total. The Morgan fingerprint density at radius 2 is 1.78 bits per heavy atom. The number of methoxy groups -OCH3 is 1. The molecule has 0 spiro atoms. The molecule has 7 nitrogen and oxygen atoms in total. The van der Waals surface area contributed by atoms with Crippen molar-refractivity contribution >= 4 is 22.6 Å². The maximum absolute atomic E-state index is 12.5. The first-order chi connectivity index (χ1) is 15.7. The van der Waals surface area contributed by atoms with Crippen LogP contribution in [0.1, 0.15) is 23.2 Å². The Morgan fingerprint density at radius 3 is 2.59 bits per heavy atom. The maximum Gasteiger partial charge on any atom is 0.258 e. The van der Waals surface area contributed by atoms with Gasteiger partial charge in [-0.3, -0.25) is 14.5 Å². The molecule has 1 amide bonds. The van der Waals surface area contributed by atoms with E-state index in [1.54, 1.807) is 31.4 Å². The second-order valence-electron chi connectivity index (χ2n) is 7.94. The van der Waals surface area contributed by atoms with E-state index in [1.165, 1.54) is 6.26 Å². The summed E-state index contributed by atoms with van der Waals surface area (Å²) in [5.41, 5.74) is 1.39. The van der Waals surface area contributed by atoms with Crippen molar-refractivity contribution in [3.05, 3.63) is 70.6 Å². The number of piperazine rings is 1. The van der Waals surface area contributed by atoms with E-state index >= 15 is 0 Å². The summed E-state index contributed by atoms with van der Waals surface area (Å²) in [4.78, 5) is 29.7. The summed E-state index contributed by atoms with van der Waals surface area (Å²) >= 11 is 0. The number of carbonyl (C=O) groups is 1. The van der Waals surface area contributed by atoms with E-state index in [0.717, 1.165) is 57.0 Å². The van der Waals surface area contributed by atoms with Crippen LogP contribution in [0.4, 0.5) is 5.69 Å². The summed E-state index contributed by atoms with van der Waals surface area (Å²) in [5, 5.41) is 3.27. The molecule has 7 heteroatoms. The zero-order valence-corrected chi connectivity index (χ0v) is 18.4. The Morgan fingerprint density at radius 1 is 1.03 bits per heavy atom. The molecule has 1 fully saturated rings. The molecule has 0 unspecified atom stereocenters. The van der Waals surface area contributed by atoms with Gasteiger partial charge in [-0.1, -0.05) is 24.3 Å². The van der Waals surface area contributed by atoms with Gasteiger partial charge in [0.15, 0.2) is 0 Å². The lowest BCUT2D eigenvalue weighted by atomic mass is 10.1. The summed E-state index contributed by atoms with van der Waals surface area (Å²) in [6.07, 6.45) is 3.10. The average Bonchev–Trinajstić information content (AvgIpc) is 2.84. The van der Waals surface area contributed by atoms with Gasteiger partial charge in [-0.05, 0) is 43.7 Å². The molecule has 4 rings (SSSR count). The highest BCUT2D eigenvalue weighted by Crippen LogP contribution is 2.28. The van der Waals surface area contributed by atoms with Crippen molar-refractivity contribution in [2.24, 2.45) is 0 Å². The van der Waals surface area contributed by atoms with Gasteiger partial charge in [0.05, 0.1) is 18.2 Å². The van der Waals surface area contributed by atoms with Crippen molar-refractivity contribution in [2.75, 3.05) is 51.3 Å². The number of unbranched alkanes of at least 4 members (excludes halogenated alkanes) is 1. The molecule has 1 aromatic heterocycles. The Balaban J connectivity index is 1.19. The van der Waals surface area contributed by atoms with Crippen molar-refractivity contribution in [2.45, 2.75) is 12.8 Å². The number of nitrogens with one attached hydrogen (secondary N) is 1. The molecule has 1 aliphatic heterocycles. The van der Waals surface area contributed by atoms with Crippen LogP contribution in [0.5, 0.6) is 5.75 Å². The molecule has 0 bridgehead atoms. The molecule has 3 aromatic rings. The van der Waals surface area contributed by atoms with Crippen LogP contribution in [0, 0.1) is 0 Å².